The number of phenols is 1. The Morgan fingerprint density at radius 2 is 1.73 bits per heavy atom. The van der Waals surface area contributed by atoms with Crippen LogP contribution in [-0.4, -0.2) is 30.0 Å². The van der Waals surface area contributed by atoms with Crippen LogP contribution in [0.15, 0.2) is 83.0 Å². The first kappa shape index (κ1) is 23.7. The number of hydrogen-bond donors (Lipinski definition) is 3. The minimum atomic E-state index is -0.689. The van der Waals surface area contributed by atoms with Gasteiger partial charge in [0.2, 0.25) is 0 Å². The zero-order valence-electron chi connectivity index (χ0n) is 17.7. The fourth-order valence-corrected chi connectivity index (χ4v) is 3.51. The van der Waals surface area contributed by atoms with Crippen LogP contribution in [0.4, 0.5) is 0 Å². The van der Waals surface area contributed by atoms with E-state index in [1.807, 2.05) is 18.2 Å². The summed E-state index contributed by atoms with van der Waals surface area (Å²) in [6.45, 7) is 0.236. The Hall–Kier alpha value is -3.91. The van der Waals surface area contributed by atoms with Crippen LogP contribution >= 0.6 is 15.9 Å². The number of carbonyl (C=O) groups is 3. The quantitative estimate of drug-likeness (QED) is 0.330. The van der Waals surface area contributed by atoms with Crippen molar-refractivity contribution in [3.8, 4) is 5.75 Å². The maximum Gasteiger partial charge on any atom is 0.354 e. The summed E-state index contributed by atoms with van der Waals surface area (Å²) in [6.07, 6.45) is 1.51. The van der Waals surface area contributed by atoms with Gasteiger partial charge in [0, 0.05) is 16.6 Å². The third-order valence-electron chi connectivity index (χ3n) is 4.60. The summed E-state index contributed by atoms with van der Waals surface area (Å²) in [5, 5.41) is 14.8. The van der Waals surface area contributed by atoms with E-state index in [0.29, 0.717) is 10.0 Å². The maximum atomic E-state index is 12.8. The molecule has 3 rings (SSSR count). The molecule has 3 aromatic carbocycles. The second-order valence-corrected chi connectivity index (χ2v) is 7.82. The summed E-state index contributed by atoms with van der Waals surface area (Å²) < 4.78 is 5.15. The van der Waals surface area contributed by atoms with Gasteiger partial charge >= 0.3 is 5.97 Å². The number of methoxy groups -OCH3 is 1. The van der Waals surface area contributed by atoms with Crippen molar-refractivity contribution in [1.82, 2.24) is 10.6 Å². The van der Waals surface area contributed by atoms with Crippen molar-refractivity contribution >= 4 is 39.8 Å². The van der Waals surface area contributed by atoms with E-state index >= 15 is 0 Å². The Labute approximate surface area is 199 Å². The van der Waals surface area contributed by atoms with Gasteiger partial charge in [-0.15, -0.1) is 0 Å². The number of benzene rings is 3. The zero-order valence-corrected chi connectivity index (χ0v) is 19.3. The first-order valence-electron chi connectivity index (χ1n) is 9.89. The molecule has 0 spiro atoms. The van der Waals surface area contributed by atoms with E-state index in [0.717, 1.165) is 11.1 Å². The normalized spacial score (nSPS) is 10.9. The van der Waals surface area contributed by atoms with Gasteiger partial charge in [0.05, 0.1) is 12.7 Å². The van der Waals surface area contributed by atoms with E-state index in [4.69, 9.17) is 4.74 Å². The van der Waals surface area contributed by atoms with E-state index in [-0.39, 0.29) is 29.5 Å². The fourth-order valence-electron chi connectivity index (χ4n) is 2.95. The predicted octanol–water partition coefficient (Wildman–Crippen LogP) is 4.03. The first-order valence-corrected chi connectivity index (χ1v) is 10.7. The molecule has 3 aromatic rings. The summed E-state index contributed by atoms with van der Waals surface area (Å²) in [5.41, 5.74) is 2.03. The van der Waals surface area contributed by atoms with Gasteiger partial charge in [0.25, 0.3) is 11.8 Å². The smallest absolute Gasteiger partial charge is 0.354 e. The van der Waals surface area contributed by atoms with Gasteiger partial charge in [-0.1, -0.05) is 42.5 Å². The third-order valence-corrected chi connectivity index (χ3v) is 5.26. The first-order chi connectivity index (χ1) is 15.9. The minimum Gasteiger partial charge on any atom is -0.508 e. The average Bonchev–Trinajstić information content (AvgIpc) is 2.82. The van der Waals surface area contributed by atoms with Crippen LogP contribution in [0.25, 0.3) is 6.08 Å². The van der Waals surface area contributed by atoms with Crippen molar-refractivity contribution in [2.75, 3.05) is 7.11 Å². The SMILES string of the molecule is COC(=O)/C(=C/c1ccccc1)NC(=O)c1ccc(C(=O)NCc2cccc(O)c2)cc1Br. The third kappa shape index (κ3) is 6.54. The van der Waals surface area contributed by atoms with E-state index < -0.39 is 11.9 Å². The van der Waals surface area contributed by atoms with Crippen LogP contribution in [0.5, 0.6) is 5.75 Å². The largest absolute Gasteiger partial charge is 0.508 e. The molecular formula is C25H21BrN2O5. The molecule has 0 saturated carbocycles. The molecule has 7 nitrogen and oxygen atoms in total. The van der Waals surface area contributed by atoms with Crippen molar-refractivity contribution in [2.45, 2.75) is 6.54 Å². The molecule has 0 saturated heterocycles. The molecule has 0 fully saturated rings. The molecule has 0 unspecified atom stereocenters. The van der Waals surface area contributed by atoms with Gasteiger partial charge in [0.1, 0.15) is 11.4 Å². The predicted molar refractivity (Wildman–Crippen MR) is 127 cm³/mol. The molecule has 2 amide bonds. The molecule has 0 aromatic heterocycles. The molecule has 3 N–H and O–H groups in total. The molecular weight excluding hydrogens is 488 g/mol. The number of esters is 1. The van der Waals surface area contributed by atoms with Gasteiger partial charge in [-0.05, 0) is 63.5 Å². The van der Waals surface area contributed by atoms with Crippen LogP contribution in [0.2, 0.25) is 0 Å². The molecule has 33 heavy (non-hydrogen) atoms. The highest BCUT2D eigenvalue weighted by atomic mass is 79.9. The fraction of sp³-hybridized carbons (Fsp3) is 0.0800. The van der Waals surface area contributed by atoms with Gasteiger partial charge in [-0.25, -0.2) is 4.79 Å². The van der Waals surface area contributed by atoms with E-state index in [1.165, 1.54) is 31.4 Å². The number of hydrogen-bond acceptors (Lipinski definition) is 5. The monoisotopic (exact) mass is 508 g/mol. The lowest BCUT2D eigenvalue weighted by Crippen LogP contribution is -2.28. The molecule has 0 heterocycles. The molecule has 0 atom stereocenters. The van der Waals surface area contributed by atoms with Gasteiger partial charge < -0.3 is 20.5 Å². The summed E-state index contributed by atoms with van der Waals surface area (Å²) in [4.78, 5) is 37.4. The number of nitrogens with one attached hydrogen (secondary N) is 2. The number of rotatable bonds is 7. The summed E-state index contributed by atoms with van der Waals surface area (Å²) in [5.74, 6) is -1.45. The zero-order chi connectivity index (χ0) is 23.8. The second-order valence-electron chi connectivity index (χ2n) is 6.96. The molecule has 0 aliphatic carbocycles. The van der Waals surface area contributed by atoms with Gasteiger partial charge in [-0.3, -0.25) is 9.59 Å². The lowest BCUT2D eigenvalue weighted by Gasteiger charge is -2.11. The van der Waals surface area contributed by atoms with Crippen LogP contribution < -0.4 is 10.6 Å². The van der Waals surface area contributed by atoms with E-state index in [9.17, 15) is 19.5 Å². The van der Waals surface area contributed by atoms with Gasteiger partial charge in [0.15, 0.2) is 0 Å². The van der Waals surface area contributed by atoms with Crippen molar-refractivity contribution < 1.29 is 24.2 Å². The Bertz CT molecular complexity index is 1210. The molecule has 0 bridgehead atoms. The van der Waals surface area contributed by atoms with Crippen molar-refractivity contribution in [1.29, 1.82) is 0 Å². The van der Waals surface area contributed by atoms with Gasteiger partial charge in [-0.2, -0.15) is 0 Å². The topological polar surface area (TPSA) is 105 Å². The van der Waals surface area contributed by atoms with E-state index in [2.05, 4.69) is 26.6 Å². The Balaban J connectivity index is 1.72. The average molecular weight is 509 g/mol. The van der Waals surface area contributed by atoms with Crippen molar-refractivity contribution in [2.24, 2.45) is 0 Å². The highest BCUT2D eigenvalue weighted by Gasteiger charge is 2.18. The second kappa shape index (κ2) is 11.1. The molecule has 8 heteroatoms. The highest BCUT2D eigenvalue weighted by molar-refractivity contribution is 9.10. The number of carbonyl (C=O) groups excluding carboxylic acids is 3. The summed E-state index contributed by atoms with van der Waals surface area (Å²) in [6, 6.07) is 20.1. The van der Waals surface area contributed by atoms with Crippen LogP contribution in [0.3, 0.4) is 0 Å². The number of aromatic hydroxyl groups is 1. The summed E-state index contributed by atoms with van der Waals surface area (Å²) in [7, 11) is 1.23. The highest BCUT2D eigenvalue weighted by Crippen LogP contribution is 2.20. The molecule has 168 valence electrons. The standard InChI is InChI=1S/C25H21BrN2O5/c1-33-25(32)22(13-16-6-3-2-4-7-16)28-24(31)20-11-10-18(14-21(20)26)23(30)27-15-17-8-5-9-19(29)12-17/h2-14,29H,15H2,1H3,(H,27,30)(H,28,31)/b22-13-. The Kier molecular flexibility index (Phi) is 7.99. The molecule has 0 aliphatic heterocycles. The number of phenolic OH excluding ortho intramolecular Hbond substituents is 1. The molecule has 0 aliphatic rings. The minimum absolute atomic E-state index is 0.0199. The van der Waals surface area contributed by atoms with Crippen molar-refractivity contribution in [3.63, 3.8) is 0 Å². The summed E-state index contributed by atoms with van der Waals surface area (Å²) >= 11 is 3.32. The number of halogens is 1. The Morgan fingerprint density at radius 1 is 0.970 bits per heavy atom. The van der Waals surface area contributed by atoms with Crippen LogP contribution in [0.1, 0.15) is 31.8 Å². The van der Waals surface area contributed by atoms with E-state index in [1.54, 1.807) is 36.4 Å². The number of amides is 2. The lowest BCUT2D eigenvalue weighted by atomic mass is 10.1. The van der Waals surface area contributed by atoms with Crippen LogP contribution in [0, 0.1) is 0 Å². The van der Waals surface area contributed by atoms with Crippen molar-refractivity contribution in [3.05, 3.63) is 105 Å². The van der Waals surface area contributed by atoms with Crippen LogP contribution in [-0.2, 0) is 16.1 Å². The Morgan fingerprint density at radius 3 is 2.39 bits per heavy atom. The molecule has 0 radical (unpaired) electrons. The number of ether oxygens (including phenoxy) is 1. The lowest BCUT2D eigenvalue weighted by molar-refractivity contribution is -0.136. The maximum absolute atomic E-state index is 12.8.